The zero-order chi connectivity index (χ0) is 24.8. The summed E-state index contributed by atoms with van der Waals surface area (Å²) in [6.45, 7) is 8.84. The van der Waals surface area contributed by atoms with E-state index in [4.69, 9.17) is 14.0 Å². The van der Waals surface area contributed by atoms with E-state index in [9.17, 15) is 0 Å². The highest BCUT2D eigenvalue weighted by Gasteiger charge is 2.45. The van der Waals surface area contributed by atoms with Gasteiger partial charge in [0, 0.05) is 7.11 Å². The zero-order valence-corrected chi connectivity index (χ0v) is 21.2. The minimum Gasteiger partial charge on any atom is -0.389 e. The second kappa shape index (κ2) is 11.0. The summed E-state index contributed by atoms with van der Waals surface area (Å²) >= 11 is 0. The van der Waals surface area contributed by atoms with Crippen LogP contribution in [0.25, 0.3) is 0 Å². The van der Waals surface area contributed by atoms with Crippen LogP contribution in [0.4, 0.5) is 0 Å². The molecule has 0 fully saturated rings. The van der Waals surface area contributed by atoms with E-state index >= 15 is 0 Å². The van der Waals surface area contributed by atoms with Crippen LogP contribution >= 0.6 is 0 Å². The molecule has 4 rings (SSSR count). The second-order valence-corrected chi connectivity index (χ2v) is 9.01. The van der Waals surface area contributed by atoms with Crippen LogP contribution in [-0.4, -0.2) is 14.4 Å². The molecule has 4 heteroatoms. The molecular weight excluding hydrogens is 431 g/mol. The van der Waals surface area contributed by atoms with Crippen LogP contribution in [0.3, 0.4) is 0 Å². The van der Waals surface area contributed by atoms with Gasteiger partial charge in [0.25, 0.3) is 0 Å². The Morgan fingerprint density at radius 1 is 0.571 bits per heavy atom. The van der Waals surface area contributed by atoms with Gasteiger partial charge in [-0.2, -0.15) is 0 Å². The summed E-state index contributed by atoms with van der Waals surface area (Å²) in [5.41, 5.74) is 7.92. The van der Waals surface area contributed by atoms with Gasteiger partial charge < -0.3 is 14.0 Å². The molecule has 0 aliphatic carbocycles. The Balaban J connectivity index is 1.89. The van der Waals surface area contributed by atoms with Gasteiger partial charge in [0.05, 0.1) is 6.61 Å². The quantitative estimate of drug-likeness (QED) is 0.196. The first-order valence-corrected chi connectivity index (χ1v) is 12.0. The molecule has 178 valence electrons. The van der Waals surface area contributed by atoms with Crippen molar-refractivity contribution < 1.29 is 14.0 Å². The van der Waals surface area contributed by atoms with E-state index in [1.165, 1.54) is 5.56 Å². The Labute approximate surface area is 209 Å². The smallest absolute Gasteiger partial charge is 0.389 e. The Kier molecular flexibility index (Phi) is 7.87. The highest BCUT2D eigenvalue weighted by atomic mass is 16.7. The van der Waals surface area contributed by atoms with Gasteiger partial charge in [-0.05, 0) is 72.2 Å². The van der Waals surface area contributed by atoms with E-state index in [-0.39, 0.29) is 0 Å². The van der Waals surface area contributed by atoms with Crippen molar-refractivity contribution in [3.8, 4) is 0 Å². The van der Waals surface area contributed by atoms with E-state index < -0.39 is 12.9 Å². The molecule has 0 aromatic heterocycles. The summed E-state index contributed by atoms with van der Waals surface area (Å²) in [5.74, 6) is 0. The molecule has 0 aliphatic rings. The van der Waals surface area contributed by atoms with Gasteiger partial charge in [-0.15, -0.1) is 0 Å². The Morgan fingerprint density at radius 3 is 1.37 bits per heavy atom. The van der Waals surface area contributed by atoms with Gasteiger partial charge in [0.2, 0.25) is 0 Å². The largest absolute Gasteiger partial charge is 0.640 e. The summed E-state index contributed by atoms with van der Waals surface area (Å²) in [6.07, 6.45) is 0. The number of aryl methyl sites for hydroxylation is 4. The maximum Gasteiger partial charge on any atom is 0.640 e. The third-order valence-electron chi connectivity index (χ3n) is 6.67. The monoisotopic (exact) mass is 464 g/mol. The fraction of sp³-hybridized carbons (Fsp3) is 0.226. The SMILES string of the molecule is COB(OCc1ccccc1C)OC(c1ccccc1C)(c1ccccc1C)c1ccccc1C. The Hall–Kier alpha value is -3.18. The second-order valence-electron chi connectivity index (χ2n) is 9.01. The van der Waals surface area contributed by atoms with Gasteiger partial charge in [0.1, 0.15) is 5.60 Å². The lowest BCUT2D eigenvalue weighted by molar-refractivity contribution is 0.0393. The van der Waals surface area contributed by atoms with Crippen molar-refractivity contribution >= 4 is 7.32 Å². The lowest BCUT2D eigenvalue weighted by Gasteiger charge is -2.40. The Morgan fingerprint density at radius 2 is 0.971 bits per heavy atom. The van der Waals surface area contributed by atoms with Crippen molar-refractivity contribution in [2.24, 2.45) is 0 Å². The van der Waals surface area contributed by atoms with Crippen molar-refractivity contribution in [1.29, 1.82) is 0 Å². The van der Waals surface area contributed by atoms with Crippen LogP contribution < -0.4 is 0 Å². The molecule has 0 spiro atoms. The number of rotatable bonds is 9. The highest BCUT2D eigenvalue weighted by molar-refractivity contribution is 6.36. The topological polar surface area (TPSA) is 27.7 Å². The first-order chi connectivity index (χ1) is 17.0. The molecule has 0 radical (unpaired) electrons. The molecule has 0 heterocycles. The fourth-order valence-electron chi connectivity index (χ4n) is 4.75. The average Bonchev–Trinajstić information content (AvgIpc) is 2.87. The van der Waals surface area contributed by atoms with Crippen molar-refractivity contribution in [2.75, 3.05) is 7.11 Å². The number of hydrogen-bond acceptors (Lipinski definition) is 3. The van der Waals surface area contributed by atoms with Crippen LogP contribution in [0.15, 0.2) is 97.1 Å². The maximum atomic E-state index is 7.01. The Bertz CT molecular complexity index is 1170. The summed E-state index contributed by atoms with van der Waals surface area (Å²) in [5, 5.41) is 0. The molecule has 35 heavy (non-hydrogen) atoms. The van der Waals surface area contributed by atoms with Crippen LogP contribution in [0, 0.1) is 27.7 Å². The summed E-state index contributed by atoms with van der Waals surface area (Å²) in [4.78, 5) is 0. The minimum absolute atomic E-state index is 0.385. The van der Waals surface area contributed by atoms with Crippen molar-refractivity contribution in [3.63, 3.8) is 0 Å². The molecule has 0 aliphatic heterocycles. The standard InChI is InChI=1S/C31H33BO3/c1-23-14-6-10-18-27(23)22-34-32(33-5)35-31(28-19-11-7-15-24(28)2,29-20-12-8-16-25(29)3)30-21-13-9-17-26(30)4/h6-21H,22H2,1-5H3. The number of hydrogen-bond donors (Lipinski definition) is 0. The van der Waals surface area contributed by atoms with Gasteiger partial charge >= 0.3 is 7.32 Å². The molecule has 0 saturated heterocycles. The predicted octanol–water partition coefficient (Wildman–Crippen LogP) is 7.08. The zero-order valence-electron chi connectivity index (χ0n) is 21.2. The predicted molar refractivity (Wildman–Crippen MR) is 143 cm³/mol. The molecule has 0 amide bonds. The molecule has 4 aromatic rings. The van der Waals surface area contributed by atoms with E-state index in [2.05, 4.69) is 113 Å². The van der Waals surface area contributed by atoms with Gasteiger partial charge in [-0.25, -0.2) is 0 Å². The van der Waals surface area contributed by atoms with E-state index in [1.54, 1.807) is 7.11 Å². The van der Waals surface area contributed by atoms with E-state index in [1.807, 2.05) is 12.1 Å². The molecule has 0 N–H and O–H groups in total. The third kappa shape index (κ3) is 5.11. The van der Waals surface area contributed by atoms with Gasteiger partial charge in [-0.1, -0.05) is 97.1 Å². The summed E-state index contributed by atoms with van der Waals surface area (Å²) in [6, 6.07) is 33.4. The van der Waals surface area contributed by atoms with Gasteiger partial charge in [-0.3, -0.25) is 0 Å². The molecule has 3 nitrogen and oxygen atoms in total. The van der Waals surface area contributed by atoms with Crippen molar-refractivity contribution in [2.45, 2.75) is 39.9 Å². The normalized spacial score (nSPS) is 11.5. The maximum absolute atomic E-state index is 7.01. The van der Waals surface area contributed by atoms with Crippen molar-refractivity contribution in [3.05, 3.63) is 142 Å². The first-order valence-electron chi connectivity index (χ1n) is 12.0. The molecule has 0 unspecified atom stereocenters. The van der Waals surface area contributed by atoms with Crippen LogP contribution in [0.1, 0.15) is 44.5 Å². The number of benzene rings is 4. The summed E-state index contributed by atoms with van der Waals surface area (Å²) in [7, 11) is 0.731. The van der Waals surface area contributed by atoms with Crippen LogP contribution in [0.5, 0.6) is 0 Å². The summed E-state index contributed by atoms with van der Waals surface area (Å²) < 4.78 is 19.1. The van der Waals surface area contributed by atoms with Gasteiger partial charge in [0.15, 0.2) is 0 Å². The average molecular weight is 464 g/mol. The lowest BCUT2D eigenvalue weighted by atomic mass is 9.74. The van der Waals surface area contributed by atoms with Crippen LogP contribution in [0.2, 0.25) is 0 Å². The van der Waals surface area contributed by atoms with Crippen LogP contribution in [-0.2, 0) is 26.2 Å². The van der Waals surface area contributed by atoms with Crippen molar-refractivity contribution in [1.82, 2.24) is 0 Å². The van der Waals surface area contributed by atoms with E-state index in [0.717, 1.165) is 38.9 Å². The lowest BCUT2D eigenvalue weighted by Crippen LogP contribution is -2.42. The minimum atomic E-state index is -0.936. The molecule has 0 bridgehead atoms. The highest BCUT2D eigenvalue weighted by Crippen LogP contribution is 2.45. The molecule has 0 atom stereocenters. The molecular formula is C31H33BO3. The molecule has 0 saturated carbocycles. The first kappa shape index (κ1) is 24.9. The van der Waals surface area contributed by atoms with E-state index in [0.29, 0.717) is 6.61 Å². The third-order valence-corrected chi connectivity index (χ3v) is 6.67. The fourth-order valence-corrected chi connectivity index (χ4v) is 4.75. The molecule has 4 aromatic carbocycles.